The quantitative estimate of drug-likeness (QED) is 0.708. The zero-order valence-corrected chi connectivity index (χ0v) is 17.0. The number of hydrogen-bond donors (Lipinski definition) is 1. The molecule has 1 fully saturated rings. The summed E-state index contributed by atoms with van der Waals surface area (Å²) in [6, 6.07) is 13.8. The van der Waals surface area contributed by atoms with Crippen molar-refractivity contribution in [3.05, 3.63) is 59.7 Å². The molecular formula is C21H21N3O5S. The van der Waals surface area contributed by atoms with Gasteiger partial charge in [0.2, 0.25) is 10.0 Å². The number of nitriles is 1. The van der Waals surface area contributed by atoms with E-state index in [1.165, 1.54) is 28.6 Å². The predicted octanol–water partition coefficient (Wildman–Crippen LogP) is 2.53. The minimum absolute atomic E-state index is 0.0286. The van der Waals surface area contributed by atoms with Gasteiger partial charge in [-0.3, -0.25) is 4.79 Å². The fraction of sp³-hybridized carbons (Fsp3) is 0.286. The maximum atomic E-state index is 12.8. The molecule has 0 saturated carbocycles. The van der Waals surface area contributed by atoms with Gasteiger partial charge in [0.05, 0.1) is 22.1 Å². The minimum Gasteiger partial charge on any atom is -0.452 e. The first-order chi connectivity index (χ1) is 14.4. The molecule has 0 aromatic heterocycles. The van der Waals surface area contributed by atoms with Crippen LogP contribution in [0.25, 0.3) is 0 Å². The molecule has 1 amide bonds. The van der Waals surface area contributed by atoms with E-state index in [-0.39, 0.29) is 10.5 Å². The molecule has 156 valence electrons. The van der Waals surface area contributed by atoms with Crippen molar-refractivity contribution in [2.75, 3.05) is 25.0 Å². The van der Waals surface area contributed by atoms with E-state index in [1.54, 1.807) is 24.3 Å². The highest BCUT2D eigenvalue weighted by molar-refractivity contribution is 7.89. The highest BCUT2D eigenvalue weighted by Gasteiger charge is 2.26. The molecule has 2 aromatic carbocycles. The second kappa shape index (κ2) is 9.52. The molecule has 0 aliphatic carbocycles. The summed E-state index contributed by atoms with van der Waals surface area (Å²) in [5, 5.41) is 11.3. The maximum Gasteiger partial charge on any atom is 0.338 e. The Balaban J connectivity index is 1.60. The number of esters is 1. The number of rotatable bonds is 6. The van der Waals surface area contributed by atoms with Crippen LogP contribution >= 0.6 is 0 Å². The number of nitrogens with one attached hydrogen (secondary N) is 1. The molecular weight excluding hydrogens is 406 g/mol. The van der Waals surface area contributed by atoms with Crippen molar-refractivity contribution < 1.29 is 22.7 Å². The number of piperidine rings is 1. The number of carbonyl (C=O) groups is 2. The molecule has 2 aromatic rings. The number of benzene rings is 2. The lowest BCUT2D eigenvalue weighted by atomic mass is 10.2. The van der Waals surface area contributed by atoms with Crippen molar-refractivity contribution in [2.24, 2.45) is 0 Å². The van der Waals surface area contributed by atoms with Crippen molar-refractivity contribution in [3.63, 3.8) is 0 Å². The van der Waals surface area contributed by atoms with Crippen molar-refractivity contribution in [3.8, 4) is 6.07 Å². The van der Waals surface area contributed by atoms with E-state index < -0.39 is 28.5 Å². The molecule has 1 heterocycles. The molecule has 0 spiro atoms. The predicted molar refractivity (Wildman–Crippen MR) is 109 cm³/mol. The summed E-state index contributed by atoms with van der Waals surface area (Å²) in [6.07, 6.45) is 2.63. The van der Waals surface area contributed by atoms with E-state index in [2.05, 4.69) is 5.32 Å². The van der Waals surface area contributed by atoms with Crippen molar-refractivity contribution >= 4 is 27.6 Å². The van der Waals surface area contributed by atoms with Gasteiger partial charge in [0.25, 0.3) is 5.91 Å². The second-order valence-corrected chi connectivity index (χ2v) is 8.74. The average molecular weight is 427 g/mol. The summed E-state index contributed by atoms with van der Waals surface area (Å²) in [6.45, 7) is 0.404. The van der Waals surface area contributed by atoms with Crippen LogP contribution in [0.2, 0.25) is 0 Å². The molecule has 1 saturated heterocycles. The Bertz CT molecular complexity index is 1070. The maximum absolute atomic E-state index is 12.8. The molecule has 0 bridgehead atoms. The Kier molecular flexibility index (Phi) is 6.82. The number of anilines is 1. The summed E-state index contributed by atoms with van der Waals surface area (Å²) in [5.74, 6) is -1.34. The fourth-order valence-corrected chi connectivity index (χ4v) is 4.64. The standard InChI is InChI=1S/C21H21N3O5S/c22-14-16-7-9-18(10-8-16)23-20(25)15-29-21(26)17-5-4-6-19(13-17)30(27,28)24-11-2-1-3-12-24/h4-10,13H,1-3,11-12,15H2,(H,23,25). The van der Waals surface area contributed by atoms with Crippen LogP contribution in [0, 0.1) is 11.3 Å². The van der Waals surface area contributed by atoms with Gasteiger partial charge < -0.3 is 10.1 Å². The van der Waals surface area contributed by atoms with Crippen LogP contribution in [0.1, 0.15) is 35.2 Å². The van der Waals surface area contributed by atoms with Gasteiger partial charge in [-0.05, 0) is 55.3 Å². The van der Waals surface area contributed by atoms with E-state index in [9.17, 15) is 18.0 Å². The number of ether oxygens (including phenoxy) is 1. The molecule has 0 radical (unpaired) electrons. The van der Waals surface area contributed by atoms with Crippen molar-refractivity contribution in [2.45, 2.75) is 24.2 Å². The van der Waals surface area contributed by atoms with Gasteiger partial charge in [0, 0.05) is 18.8 Å². The first kappa shape index (κ1) is 21.5. The summed E-state index contributed by atoms with van der Waals surface area (Å²) < 4.78 is 32.0. The Morgan fingerprint density at radius 1 is 1.07 bits per heavy atom. The number of amides is 1. The number of hydrogen-bond acceptors (Lipinski definition) is 6. The van der Waals surface area contributed by atoms with E-state index in [0.29, 0.717) is 24.3 Å². The molecule has 0 atom stereocenters. The molecule has 1 N–H and O–H groups in total. The zero-order valence-electron chi connectivity index (χ0n) is 16.2. The van der Waals surface area contributed by atoms with E-state index in [4.69, 9.17) is 10.00 Å². The third-order valence-corrected chi connectivity index (χ3v) is 6.55. The molecule has 0 unspecified atom stereocenters. The third kappa shape index (κ3) is 5.23. The van der Waals surface area contributed by atoms with Gasteiger partial charge in [0.15, 0.2) is 6.61 Å². The van der Waals surface area contributed by atoms with Crippen LogP contribution < -0.4 is 5.32 Å². The largest absolute Gasteiger partial charge is 0.452 e. The zero-order chi connectivity index (χ0) is 21.6. The topological polar surface area (TPSA) is 117 Å². The first-order valence-corrected chi connectivity index (χ1v) is 10.9. The summed E-state index contributed by atoms with van der Waals surface area (Å²) in [7, 11) is -3.67. The van der Waals surface area contributed by atoms with Crippen LogP contribution in [0.4, 0.5) is 5.69 Å². The van der Waals surface area contributed by atoms with Gasteiger partial charge in [-0.2, -0.15) is 9.57 Å². The van der Waals surface area contributed by atoms with E-state index in [1.807, 2.05) is 6.07 Å². The Hall–Kier alpha value is -3.22. The fourth-order valence-electron chi connectivity index (χ4n) is 3.08. The van der Waals surface area contributed by atoms with Crippen LogP contribution in [0.5, 0.6) is 0 Å². The molecule has 9 heteroatoms. The minimum atomic E-state index is -3.67. The van der Waals surface area contributed by atoms with Crippen LogP contribution in [-0.2, 0) is 19.6 Å². The third-order valence-electron chi connectivity index (χ3n) is 4.65. The van der Waals surface area contributed by atoms with E-state index >= 15 is 0 Å². The highest BCUT2D eigenvalue weighted by Crippen LogP contribution is 2.21. The van der Waals surface area contributed by atoms with Crippen molar-refractivity contribution in [1.82, 2.24) is 4.31 Å². The number of sulfonamides is 1. The van der Waals surface area contributed by atoms with Gasteiger partial charge in [-0.15, -0.1) is 0 Å². The monoisotopic (exact) mass is 427 g/mol. The first-order valence-electron chi connectivity index (χ1n) is 9.47. The van der Waals surface area contributed by atoms with Crippen LogP contribution in [0.15, 0.2) is 53.4 Å². The summed E-state index contributed by atoms with van der Waals surface area (Å²) in [5.41, 5.74) is 0.975. The molecule has 8 nitrogen and oxygen atoms in total. The smallest absolute Gasteiger partial charge is 0.338 e. The van der Waals surface area contributed by atoms with E-state index in [0.717, 1.165) is 19.3 Å². The molecule has 30 heavy (non-hydrogen) atoms. The van der Waals surface area contributed by atoms with Gasteiger partial charge >= 0.3 is 5.97 Å². The second-order valence-electron chi connectivity index (χ2n) is 6.81. The van der Waals surface area contributed by atoms with Crippen LogP contribution in [-0.4, -0.2) is 44.3 Å². The summed E-state index contributed by atoms with van der Waals surface area (Å²) in [4.78, 5) is 24.3. The Labute approximate surface area is 175 Å². The molecule has 1 aliphatic heterocycles. The van der Waals surface area contributed by atoms with Crippen LogP contribution in [0.3, 0.4) is 0 Å². The lowest BCUT2D eigenvalue weighted by Crippen LogP contribution is -2.35. The number of carbonyl (C=O) groups excluding carboxylic acids is 2. The van der Waals surface area contributed by atoms with Gasteiger partial charge in [-0.1, -0.05) is 12.5 Å². The lowest BCUT2D eigenvalue weighted by Gasteiger charge is -2.25. The Morgan fingerprint density at radius 2 is 1.77 bits per heavy atom. The summed E-state index contributed by atoms with van der Waals surface area (Å²) >= 11 is 0. The SMILES string of the molecule is N#Cc1ccc(NC(=O)COC(=O)c2cccc(S(=O)(=O)N3CCCCC3)c2)cc1. The average Bonchev–Trinajstić information content (AvgIpc) is 2.78. The number of nitrogens with zero attached hydrogens (tertiary/aromatic N) is 2. The lowest BCUT2D eigenvalue weighted by molar-refractivity contribution is -0.119. The van der Waals surface area contributed by atoms with Crippen molar-refractivity contribution in [1.29, 1.82) is 5.26 Å². The Morgan fingerprint density at radius 3 is 2.43 bits per heavy atom. The van der Waals surface area contributed by atoms with Gasteiger partial charge in [-0.25, -0.2) is 13.2 Å². The normalized spacial score (nSPS) is 14.5. The van der Waals surface area contributed by atoms with Gasteiger partial charge in [0.1, 0.15) is 0 Å². The highest BCUT2D eigenvalue weighted by atomic mass is 32.2. The molecule has 1 aliphatic rings. The molecule has 3 rings (SSSR count).